The van der Waals surface area contributed by atoms with Crippen molar-refractivity contribution in [1.29, 1.82) is 0 Å². The molecule has 3 heteroatoms. The molecule has 0 aliphatic carbocycles. The largest absolute Gasteiger partial charge is 0.457 e. The molecule has 0 aromatic heterocycles. The molecule has 0 bridgehead atoms. The van der Waals surface area contributed by atoms with Gasteiger partial charge in [-0.2, -0.15) is 0 Å². The van der Waals surface area contributed by atoms with Crippen LogP contribution in [0.15, 0.2) is 0 Å². The summed E-state index contributed by atoms with van der Waals surface area (Å²) in [6, 6.07) is 0. The maximum Gasteiger partial charge on any atom is 0.342 e. The Bertz CT molecular complexity index is 143. The van der Waals surface area contributed by atoms with Crippen LogP contribution in [0.25, 0.3) is 0 Å². The number of rotatable bonds is 1. The van der Waals surface area contributed by atoms with Gasteiger partial charge in [-0.1, -0.05) is 6.92 Å². The summed E-state index contributed by atoms with van der Waals surface area (Å²) in [6.45, 7) is 3.45. The number of aliphatic hydroxyl groups is 1. The van der Waals surface area contributed by atoms with Gasteiger partial charge in [0, 0.05) is 0 Å². The standard InChI is InChI=1S/C6H10O3/c1-3-6(8)4(2)9-5(6)7/h4,8H,3H2,1-2H3/t4-,6-/m0/s1. The van der Waals surface area contributed by atoms with Crippen LogP contribution >= 0.6 is 0 Å². The van der Waals surface area contributed by atoms with Gasteiger partial charge in [-0.15, -0.1) is 0 Å². The number of cyclic esters (lactones) is 1. The van der Waals surface area contributed by atoms with Gasteiger partial charge in [0.25, 0.3) is 0 Å². The van der Waals surface area contributed by atoms with Crippen molar-refractivity contribution in [2.45, 2.75) is 32.0 Å². The highest BCUT2D eigenvalue weighted by atomic mass is 16.6. The van der Waals surface area contributed by atoms with Crippen LogP contribution in [0, 0.1) is 0 Å². The fraction of sp³-hybridized carbons (Fsp3) is 0.833. The van der Waals surface area contributed by atoms with Gasteiger partial charge in [-0.3, -0.25) is 0 Å². The smallest absolute Gasteiger partial charge is 0.342 e. The Morgan fingerprint density at radius 2 is 2.44 bits per heavy atom. The van der Waals surface area contributed by atoms with E-state index in [0.29, 0.717) is 6.42 Å². The number of esters is 1. The summed E-state index contributed by atoms with van der Waals surface area (Å²) >= 11 is 0. The topological polar surface area (TPSA) is 46.5 Å². The van der Waals surface area contributed by atoms with Crippen LogP contribution < -0.4 is 0 Å². The Morgan fingerprint density at radius 1 is 1.89 bits per heavy atom. The second-order valence-corrected chi connectivity index (χ2v) is 2.33. The lowest BCUT2D eigenvalue weighted by Crippen LogP contribution is -2.60. The predicted molar refractivity (Wildman–Crippen MR) is 30.8 cm³/mol. The second kappa shape index (κ2) is 1.70. The Hall–Kier alpha value is -0.570. The third kappa shape index (κ3) is 0.645. The molecule has 1 aliphatic heterocycles. The molecule has 52 valence electrons. The van der Waals surface area contributed by atoms with Gasteiger partial charge in [-0.05, 0) is 13.3 Å². The highest BCUT2D eigenvalue weighted by Crippen LogP contribution is 2.29. The lowest BCUT2D eigenvalue weighted by molar-refractivity contribution is -0.225. The van der Waals surface area contributed by atoms with E-state index >= 15 is 0 Å². The molecule has 0 unspecified atom stereocenters. The van der Waals surface area contributed by atoms with Crippen LogP contribution in [0.2, 0.25) is 0 Å². The van der Waals surface area contributed by atoms with E-state index in [4.69, 9.17) is 0 Å². The van der Waals surface area contributed by atoms with Crippen molar-refractivity contribution < 1.29 is 14.6 Å². The van der Waals surface area contributed by atoms with Gasteiger partial charge in [-0.25, -0.2) is 4.79 Å². The van der Waals surface area contributed by atoms with Gasteiger partial charge in [0.1, 0.15) is 6.10 Å². The van der Waals surface area contributed by atoms with Crippen molar-refractivity contribution in [2.24, 2.45) is 0 Å². The zero-order valence-electron chi connectivity index (χ0n) is 5.55. The van der Waals surface area contributed by atoms with Gasteiger partial charge in [0.2, 0.25) is 0 Å². The van der Waals surface area contributed by atoms with E-state index in [0.717, 1.165) is 0 Å². The number of hydrogen-bond donors (Lipinski definition) is 1. The molecule has 0 aromatic rings. The Morgan fingerprint density at radius 3 is 2.56 bits per heavy atom. The van der Waals surface area contributed by atoms with E-state index in [9.17, 15) is 9.90 Å². The van der Waals surface area contributed by atoms with Crippen molar-refractivity contribution in [3.63, 3.8) is 0 Å². The summed E-state index contributed by atoms with van der Waals surface area (Å²) in [4.78, 5) is 10.5. The van der Waals surface area contributed by atoms with Crippen molar-refractivity contribution in [3.05, 3.63) is 0 Å². The van der Waals surface area contributed by atoms with Crippen LogP contribution in [0.1, 0.15) is 20.3 Å². The fourth-order valence-electron chi connectivity index (χ4n) is 0.900. The molecule has 0 saturated carbocycles. The maximum atomic E-state index is 10.5. The van der Waals surface area contributed by atoms with E-state index in [-0.39, 0.29) is 6.10 Å². The highest BCUT2D eigenvalue weighted by molar-refractivity contribution is 5.85. The SMILES string of the molecule is CC[C@@]1(O)C(=O)O[C@H]1C. The lowest BCUT2D eigenvalue weighted by Gasteiger charge is -2.39. The van der Waals surface area contributed by atoms with Crippen LogP contribution in [-0.4, -0.2) is 22.8 Å². The molecule has 1 fully saturated rings. The summed E-state index contributed by atoms with van der Waals surface area (Å²) in [5.74, 6) is -0.488. The Balaban J connectivity index is 2.66. The first-order valence-corrected chi connectivity index (χ1v) is 3.04. The van der Waals surface area contributed by atoms with Gasteiger partial charge >= 0.3 is 5.97 Å². The summed E-state index contributed by atoms with van der Waals surface area (Å²) in [5.41, 5.74) is -1.18. The highest BCUT2D eigenvalue weighted by Gasteiger charge is 2.52. The van der Waals surface area contributed by atoms with E-state index in [1.54, 1.807) is 13.8 Å². The van der Waals surface area contributed by atoms with Crippen LogP contribution in [0.4, 0.5) is 0 Å². The van der Waals surface area contributed by atoms with Crippen LogP contribution in [0.5, 0.6) is 0 Å². The summed E-state index contributed by atoms with van der Waals surface area (Å²) in [6.07, 6.45) is 0.113. The molecular formula is C6H10O3. The van der Waals surface area contributed by atoms with Gasteiger partial charge < -0.3 is 9.84 Å². The lowest BCUT2D eigenvalue weighted by atomic mass is 9.90. The Kier molecular flexibility index (Phi) is 1.24. The van der Waals surface area contributed by atoms with E-state index in [2.05, 4.69) is 4.74 Å². The first-order valence-electron chi connectivity index (χ1n) is 3.04. The normalized spacial score (nSPS) is 41.7. The molecule has 2 atom stereocenters. The molecule has 1 rings (SSSR count). The zero-order chi connectivity index (χ0) is 7.07. The van der Waals surface area contributed by atoms with Gasteiger partial charge in [0.05, 0.1) is 0 Å². The molecule has 0 radical (unpaired) electrons. The summed E-state index contributed by atoms with van der Waals surface area (Å²) < 4.78 is 4.56. The van der Waals surface area contributed by atoms with Crippen molar-refractivity contribution in [3.8, 4) is 0 Å². The number of ether oxygens (including phenoxy) is 1. The minimum Gasteiger partial charge on any atom is -0.457 e. The first-order chi connectivity index (χ1) is 4.11. The van der Waals surface area contributed by atoms with Crippen molar-refractivity contribution in [1.82, 2.24) is 0 Å². The third-order valence-corrected chi connectivity index (χ3v) is 1.85. The summed E-state index contributed by atoms with van der Waals surface area (Å²) in [5, 5.41) is 9.28. The quantitative estimate of drug-likeness (QED) is 0.511. The molecule has 0 aromatic carbocycles. The first kappa shape index (κ1) is 6.55. The van der Waals surface area contributed by atoms with E-state index < -0.39 is 11.6 Å². The fourth-order valence-corrected chi connectivity index (χ4v) is 0.900. The molecule has 3 nitrogen and oxygen atoms in total. The molecule has 9 heavy (non-hydrogen) atoms. The number of carbonyl (C=O) groups excluding carboxylic acids is 1. The average Bonchev–Trinajstić information content (AvgIpc) is 1.87. The van der Waals surface area contributed by atoms with Crippen molar-refractivity contribution in [2.75, 3.05) is 0 Å². The number of hydrogen-bond acceptors (Lipinski definition) is 3. The monoisotopic (exact) mass is 130 g/mol. The van der Waals surface area contributed by atoms with Crippen LogP contribution in [-0.2, 0) is 9.53 Å². The maximum absolute atomic E-state index is 10.5. The molecule has 0 amide bonds. The molecular weight excluding hydrogens is 120 g/mol. The van der Waals surface area contributed by atoms with E-state index in [1.165, 1.54) is 0 Å². The summed E-state index contributed by atoms with van der Waals surface area (Å²) in [7, 11) is 0. The van der Waals surface area contributed by atoms with Gasteiger partial charge in [0.15, 0.2) is 5.60 Å². The number of carbonyl (C=O) groups is 1. The molecule has 0 spiro atoms. The minimum absolute atomic E-state index is 0.324. The minimum atomic E-state index is -1.18. The predicted octanol–water partition coefficient (Wildman–Crippen LogP) is 0.0728. The zero-order valence-corrected chi connectivity index (χ0v) is 5.55. The molecule has 1 heterocycles. The van der Waals surface area contributed by atoms with Crippen molar-refractivity contribution >= 4 is 5.97 Å². The van der Waals surface area contributed by atoms with Crippen LogP contribution in [0.3, 0.4) is 0 Å². The van der Waals surface area contributed by atoms with E-state index in [1.807, 2.05) is 0 Å². The molecule has 1 N–H and O–H groups in total. The average molecular weight is 130 g/mol. The molecule has 1 aliphatic rings. The molecule has 1 saturated heterocycles. The Labute approximate surface area is 53.6 Å². The third-order valence-electron chi connectivity index (χ3n) is 1.85. The second-order valence-electron chi connectivity index (χ2n) is 2.33.